The number of aliphatic imine (C=N–C) groups is 1. The molecule has 0 unspecified atom stereocenters. The van der Waals surface area contributed by atoms with E-state index in [1.165, 1.54) is 0 Å². The van der Waals surface area contributed by atoms with E-state index in [1.54, 1.807) is 11.8 Å². The van der Waals surface area contributed by atoms with Gasteiger partial charge in [-0.2, -0.15) is 11.8 Å². The number of unbranched alkanes of at least 4 members (excludes halogenated alkanes) is 1. The van der Waals surface area contributed by atoms with Crippen molar-refractivity contribution in [3.05, 3.63) is 0 Å². The second-order valence-electron chi connectivity index (χ2n) is 6.58. The third-order valence-electron chi connectivity index (χ3n) is 4.11. The van der Waals surface area contributed by atoms with E-state index in [1.807, 2.05) is 6.26 Å². The SMILES string of the molecule is CSCC[C@H](N)C(=O)N[C@@H](CCCCN)C(=O)N[C@@H](CCCN=C(N)N)C(=O)O. The van der Waals surface area contributed by atoms with Gasteiger partial charge in [-0.25, -0.2) is 4.79 Å². The maximum Gasteiger partial charge on any atom is 0.326 e. The Morgan fingerprint density at radius 2 is 1.62 bits per heavy atom. The summed E-state index contributed by atoms with van der Waals surface area (Å²) in [5, 5.41) is 14.5. The Labute approximate surface area is 175 Å². The first-order valence-corrected chi connectivity index (χ1v) is 11.0. The predicted octanol–water partition coefficient (Wildman–Crippen LogP) is -1.70. The summed E-state index contributed by atoms with van der Waals surface area (Å²) < 4.78 is 0. The van der Waals surface area contributed by atoms with Crippen LogP contribution in [0, 0.1) is 0 Å². The van der Waals surface area contributed by atoms with Gasteiger partial charge in [-0.05, 0) is 57.1 Å². The van der Waals surface area contributed by atoms with E-state index in [2.05, 4.69) is 15.6 Å². The monoisotopic (exact) mass is 433 g/mol. The highest BCUT2D eigenvalue weighted by atomic mass is 32.2. The smallest absolute Gasteiger partial charge is 0.326 e. The van der Waals surface area contributed by atoms with Gasteiger partial charge < -0.3 is 38.7 Å². The van der Waals surface area contributed by atoms with Gasteiger partial charge in [0.1, 0.15) is 12.1 Å². The number of guanidine groups is 1. The minimum atomic E-state index is -1.17. The van der Waals surface area contributed by atoms with Crippen molar-refractivity contribution in [1.82, 2.24) is 10.6 Å². The fourth-order valence-electron chi connectivity index (χ4n) is 2.45. The molecular weight excluding hydrogens is 398 g/mol. The largest absolute Gasteiger partial charge is 0.480 e. The molecule has 0 aromatic rings. The van der Waals surface area contributed by atoms with E-state index < -0.39 is 35.9 Å². The van der Waals surface area contributed by atoms with Gasteiger partial charge in [-0.3, -0.25) is 14.6 Å². The number of carboxylic acid groups (broad SMARTS) is 1. The highest BCUT2D eigenvalue weighted by Gasteiger charge is 2.27. The van der Waals surface area contributed by atoms with Crippen LogP contribution in [0.4, 0.5) is 0 Å². The van der Waals surface area contributed by atoms with E-state index in [4.69, 9.17) is 22.9 Å². The number of hydrogen-bond acceptors (Lipinski definition) is 7. The number of aliphatic carboxylic acids is 1. The van der Waals surface area contributed by atoms with Crippen LogP contribution in [0.1, 0.15) is 38.5 Å². The number of carbonyl (C=O) groups is 3. The quantitative estimate of drug-likeness (QED) is 0.0838. The molecule has 12 heteroatoms. The molecule has 0 saturated heterocycles. The van der Waals surface area contributed by atoms with Gasteiger partial charge >= 0.3 is 5.97 Å². The van der Waals surface area contributed by atoms with Crippen molar-refractivity contribution >= 4 is 35.5 Å². The van der Waals surface area contributed by atoms with Crippen LogP contribution < -0.4 is 33.6 Å². The lowest BCUT2D eigenvalue weighted by Crippen LogP contribution is -2.54. The van der Waals surface area contributed by atoms with Gasteiger partial charge in [0.05, 0.1) is 6.04 Å². The maximum absolute atomic E-state index is 12.6. The molecule has 0 spiro atoms. The first-order valence-electron chi connectivity index (χ1n) is 9.56. The van der Waals surface area contributed by atoms with Crippen LogP contribution in [0.3, 0.4) is 0 Å². The number of carbonyl (C=O) groups excluding carboxylic acids is 2. The average Bonchev–Trinajstić information content (AvgIpc) is 2.66. The first kappa shape index (κ1) is 27.0. The molecule has 0 saturated carbocycles. The molecule has 0 heterocycles. The second kappa shape index (κ2) is 15.8. The molecule has 11 N–H and O–H groups in total. The summed E-state index contributed by atoms with van der Waals surface area (Å²) in [6, 6.07) is -2.73. The molecule has 0 radical (unpaired) electrons. The third-order valence-corrected chi connectivity index (χ3v) is 4.75. The number of nitrogens with one attached hydrogen (secondary N) is 2. The fraction of sp³-hybridized carbons (Fsp3) is 0.765. The molecule has 29 heavy (non-hydrogen) atoms. The van der Waals surface area contributed by atoms with E-state index in [9.17, 15) is 19.5 Å². The number of nitrogens with zero attached hydrogens (tertiary/aromatic N) is 1. The minimum Gasteiger partial charge on any atom is -0.480 e. The predicted molar refractivity (Wildman–Crippen MR) is 115 cm³/mol. The number of amides is 2. The van der Waals surface area contributed by atoms with E-state index in [0.29, 0.717) is 38.6 Å². The minimum absolute atomic E-state index is 0.0820. The van der Waals surface area contributed by atoms with Gasteiger partial charge in [0.2, 0.25) is 11.8 Å². The molecule has 0 aliphatic heterocycles. The van der Waals surface area contributed by atoms with Crippen LogP contribution in [0.5, 0.6) is 0 Å². The Kier molecular flexibility index (Phi) is 14.7. The Bertz CT molecular complexity index is 544. The highest BCUT2D eigenvalue weighted by molar-refractivity contribution is 7.98. The zero-order chi connectivity index (χ0) is 22.2. The van der Waals surface area contributed by atoms with E-state index >= 15 is 0 Å². The van der Waals surface area contributed by atoms with Crippen LogP contribution in [0.2, 0.25) is 0 Å². The maximum atomic E-state index is 12.6. The van der Waals surface area contributed by atoms with Gasteiger partial charge in [-0.1, -0.05) is 0 Å². The standard InChI is InChI=1S/C17H35N7O4S/c1-29-10-7-11(19)14(25)23-12(5-2-3-8-18)15(26)24-13(16(27)28)6-4-9-22-17(20)21/h11-13H,2-10,18-19H2,1H3,(H,23,25)(H,24,26)(H,27,28)(H4,20,21,22)/t11-,12-,13-/m0/s1. The summed E-state index contributed by atoms with van der Waals surface area (Å²) in [6.45, 7) is 0.709. The summed E-state index contributed by atoms with van der Waals surface area (Å²) in [4.78, 5) is 40.2. The Morgan fingerprint density at radius 1 is 1.00 bits per heavy atom. The molecule has 11 nitrogen and oxygen atoms in total. The number of hydrogen-bond donors (Lipinski definition) is 7. The average molecular weight is 434 g/mol. The topological polar surface area (TPSA) is 212 Å². The molecule has 0 rings (SSSR count). The number of thioether (sulfide) groups is 1. The van der Waals surface area contributed by atoms with Gasteiger partial charge in [0.15, 0.2) is 5.96 Å². The van der Waals surface area contributed by atoms with Crippen LogP contribution >= 0.6 is 11.8 Å². The lowest BCUT2D eigenvalue weighted by atomic mass is 10.1. The number of rotatable bonds is 16. The van der Waals surface area contributed by atoms with Crippen LogP contribution in [-0.2, 0) is 14.4 Å². The second-order valence-corrected chi connectivity index (χ2v) is 7.57. The lowest BCUT2D eigenvalue weighted by Gasteiger charge is -2.23. The van der Waals surface area contributed by atoms with Gasteiger partial charge in [-0.15, -0.1) is 0 Å². The van der Waals surface area contributed by atoms with Crippen molar-refractivity contribution in [3.63, 3.8) is 0 Å². The molecule has 0 bridgehead atoms. The zero-order valence-corrected chi connectivity index (χ0v) is 17.7. The molecule has 3 atom stereocenters. The van der Waals surface area contributed by atoms with E-state index in [0.717, 1.165) is 5.75 Å². The van der Waals surface area contributed by atoms with Gasteiger partial charge in [0.25, 0.3) is 0 Å². The van der Waals surface area contributed by atoms with Crippen molar-refractivity contribution in [2.24, 2.45) is 27.9 Å². The number of carboxylic acids is 1. The van der Waals surface area contributed by atoms with Crippen LogP contribution in [0.25, 0.3) is 0 Å². The Hall–Kier alpha value is -2.05. The van der Waals surface area contributed by atoms with Crippen molar-refractivity contribution in [2.75, 3.05) is 25.1 Å². The molecule has 0 fully saturated rings. The third kappa shape index (κ3) is 12.9. The summed E-state index contributed by atoms with van der Waals surface area (Å²) in [6.07, 6.45) is 4.54. The van der Waals surface area contributed by atoms with Gasteiger partial charge in [0, 0.05) is 6.54 Å². The number of nitrogens with two attached hydrogens (primary N) is 4. The first-order chi connectivity index (χ1) is 13.7. The molecule has 168 valence electrons. The summed E-state index contributed by atoms with van der Waals surface area (Å²) in [5.41, 5.74) is 21.8. The lowest BCUT2D eigenvalue weighted by molar-refractivity contribution is -0.142. The van der Waals surface area contributed by atoms with E-state index in [-0.39, 0.29) is 18.9 Å². The fourth-order valence-corrected chi connectivity index (χ4v) is 2.94. The summed E-state index contributed by atoms with van der Waals surface area (Å²) in [5.74, 6) is -1.54. The van der Waals surface area contributed by atoms with Crippen molar-refractivity contribution < 1.29 is 19.5 Å². The van der Waals surface area contributed by atoms with Crippen LogP contribution in [-0.4, -0.2) is 72.1 Å². The highest BCUT2D eigenvalue weighted by Crippen LogP contribution is 2.06. The summed E-state index contributed by atoms with van der Waals surface area (Å²) >= 11 is 1.57. The molecule has 0 aliphatic rings. The molecule has 0 aromatic carbocycles. The molecule has 2 amide bonds. The van der Waals surface area contributed by atoms with Crippen LogP contribution in [0.15, 0.2) is 4.99 Å². The summed E-state index contributed by atoms with van der Waals surface area (Å²) in [7, 11) is 0. The molecular formula is C17H35N7O4S. The van der Waals surface area contributed by atoms with Crippen molar-refractivity contribution in [1.29, 1.82) is 0 Å². The molecule has 0 aliphatic carbocycles. The molecule has 0 aromatic heterocycles. The van der Waals surface area contributed by atoms with Crippen molar-refractivity contribution in [3.8, 4) is 0 Å². The normalized spacial score (nSPS) is 13.8. The Morgan fingerprint density at radius 3 is 2.17 bits per heavy atom. The van der Waals surface area contributed by atoms with Crippen molar-refractivity contribution in [2.45, 2.75) is 56.7 Å². The zero-order valence-electron chi connectivity index (χ0n) is 16.9. The Balaban J connectivity index is 4.93.